The van der Waals surface area contributed by atoms with Crippen molar-refractivity contribution in [3.05, 3.63) is 23.8 Å². The van der Waals surface area contributed by atoms with Crippen LogP contribution in [0.5, 0.6) is 11.5 Å². The molecule has 5 heteroatoms. The van der Waals surface area contributed by atoms with Gasteiger partial charge in [0.05, 0.1) is 19.6 Å². The fraction of sp³-hybridized carbons (Fsp3) is 0.562. The molecule has 0 saturated carbocycles. The fourth-order valence-corrected chi connectivity index (χ4v) is 1.75. The molecule has 3 N–H and O–H groups in total. The van der Waals surface area contributed by atoms with Crippen LogP contribution in [0.4, 0.5) is 0 Å². The lowest BCUT2D eigenvalue weighted by atomic mass is 10.1. The summed E-state index contributed by atoms with van der Waals surface area (Å²) < 4.78 is 11.3. The van der Waals surface area contributed by atoms with Crippen LogP contribution < -0.4 is 20.5 Å². The SMILES string of the molecule is CCOc1cccc(CNC(C)(C)C)c1OCCC(N)=O. The summed E-state index contributed by atoms with van der Waals surface area (Å²) in [6.45, 7) is 9.71. The lowest BCUT2D eigenvalue weighted by molar-refractivity contribution is -0.118. The Balaban J connectivity index is 2.88. The Labute approximate surface area is 126 Å². The first-order valence-electron chi connectivity index (χ1n) is 7.24. The first-order chi connectivity index (χ1) is 9.83. The van der Waals surface area contributed by atoms with Crippen molar-refractivity contribution in [1.29, 1.82) is 0 Å². The van der Waals surface area contributed by atoms with Gasteiger partial charge in [-0.25, -0.2) is 0 Å². The van der Waals surface area contributed by atoms with Crippen LogP contribution in [0.3, 0.4) is 0 Å². The number of hydrogen-bond acceptors (Lipinski definition) is 4. The highest BCUT2D eigenvalue weighted by atomic mass is 16.5. The summed E-state index contributed by atoms with van der Waals surface area (Å²) in [6.07, 6.45) is 0.187. The molecule has 118 valence electrons. The van der Waals surface area contributed by atoms with Gasteiger partial charge in [0.25, 0.3) is 0 Å². The molecule has 0 fully saturated rings. The van der Waals surface area contributed by atoms with E-state index < -0.39 is 0 Å². The number of rotatable bonds is 8. The highest BCUT2D eigenvalue weighted by Gasteiger charge is 2.14. The van der Waals surface area contributed by atoms with Crippen molar-refractivity contribution >= 4 is 5.91 Å². The molecule has 0 saturated heterocycles. The monoisotopic (exact) mass is 294 g/mol. The number of ether oxygens (including phenoxy) is 2. The molecule has 1 rings (SSSR count). The Morgan fingerprint density at radius 1 is 1.29 bits per heavy atom. The van der Waals surface area contributed by atoms with Crippen molar-refractivity contribution in [3.63, 3.8) is 0 Å². The zero-order valence-corrected chi connectivity index (χ0v) is 13.4. The fourth-order valence-electron chi connectivity index (χ4n) is 1.75. The first-order valence-corrected chi connectivity index (χ1v) is 7.24. The maximum atomic E-state index is 10.8. The van der Waals surface area contributed by atoms with E-state index >= 15 is 0 Å². The van der Waals surface area contributed by atoms with E-state index in [2.05, 4.69) is 26.1 Å². The molecule has 1 aromatic rings. The topological polar surface area (TPSA) is 73.6 Å². The second-order valence-corrected chi connectivity index (χ2v) is 5.85. The molecule has 0 heterocycles. The molecule has 21 heavy (non-hydrogen) atoms. The van der Waals surface area contributed by atoms with E-state index in [1.165, 1.54) is 0 Å². The van der Waals surface area contributed by atoms with Gasteiger partial charge in [0.1, 0.15) is 0 Å². The third-order valence-electron chi connectivity index (χ3n) is 2.76. The summed E-state index contributed by atoms with van der Waals surface area (Å²) in [6, 6.07) is 5.79. The van der Waals surface area contributed by atoms with Gasteiger partial charge in [-0.2, -0.15) is 0 Å². The minimum Gasteiger partial charge on any atom is -0.490 e. The van der Waals surface area contributed by atoms with Gasteiger partial charge in [-0.15, -0.1) is 0 Å². The van der Waals surface area contributed by atoms with Gasteiger partial charge >= 0.3 is 0 Å². The molecule has 0 unspecified atom stereocenters. The first kappa shape index (κ1) is 17.3. The second-order valence-electron chi connectivity index (χ2n) is 5.85. The lowest BCUT2D eigenvalue weighted by Crippen LogP contribution is -2.35. The van der Waals surface area contributed by atoms with Crippen molar-refractivity contribution < 1.29 is 14.3 Å². The molecule has 0 aliphatic carbocycles. The third-order valence-corrected chi connectivity index (χ3v) is 2.76. The van der Waals surface area contributed by atoms with Crippen LogP contribution in [-0.4, -0.2) is 24.7 Å². The van der Waals surface area contributed by atoms with E-state index in [-0.39, 0.29) is 24.5 Å². The number of amides is 1. The van der Waals surface area contributed by atoms with E-state index in [4.69, 9.17) is 15.2 Å². The largest absolute Gasteiger partial charge is 0.490 e. The van der Waals surface area contributed by atoms with Gasteiger partial charge in [-0.05, 0) is 33.8 Å². The number of primary amides is 1. The van der Waals surface area contributed by atoms with Crippen LogP contribution in [0, 0.1) is 0 Å². The van der Waals surface area contributed by atoms with Gasteiger partial charge in [0, 0.05) is 17.6 Å². The Bertz CT molecular complexity index is 467. The Hall–Kier alpha value is -1.75. The number of nitrogens with one attached hydrogen (secondary N) is 1. The number of benzene rings is 1. The predicted octanol–water partition coefficient (Wildman–Crippen LogP) is 2.23. The minimum atomic E-state index is -0.377. The normalized spacial score (nSPS) is 11.2. The van der Waals surface area contributed by atoms with Crippen molar-refractivity contribution in [3.8, 4) is 11.5 Å². The average Bonchev–Trinajstić information content (AvgIpc) is 2.37. The predicted molar refractivity (Wildman–Crippen MR) is 83.5 cm³/mol. The molecular weight excluding hydrogens is 268 g/mol. The molecule has 1 amide bonds. The molecule has 0 atom stereocenters. The van der Waals surface area contributed by atoms with E-state index in [0.717, 1.165) is 5.56 Å². The van der Waals surface area contributed by atoms with Crippen LogP contribution in [0.1, 0.15) is 39.7 Å². The smallest absolute Gasteiger partial charge is 0.220 e. The molecule has 0 aliphatic rings. The van der Waals surface area contributed by atoms with E-state index in [9.17, 15) is 4.79 Å². The van der Waals surface area contributed by atoms with Crippen LogP contribution >= 0.6 is 0 Å². The lowest BCUT2D eigenvalue weighted by Gasteiger charge is -2.22. The molecule has 0 aliphatic heterocycles. The Morgan fingerprint density at radius 2 is 2.00 bits per heavy atom. The molecule has 0 spiro atoms. The summed E-state index contributed by atoms with van der Waals surface area (Å²) in [4.78, 5) is 10.8. The average molecular weight is 294 g/mol. The Kier molecular flexibility index (Phi) is 6.49. The second kappa shape index (κ2) is 7.88. The summed E-state index contributed by atoms with van der Waals surface area (Å²) in [5, 5.41) is 3.42. The van der Waals surface area contributed by atoms with Gasteiger partial charge in [-0.1, -0.05) is 12.1 Å². The number of carbonyl (C=O) groups is 1. The van der Waals surface area contributed by atoms with Crippen molar-refractivity contribution in [1.82, 2.24) is 5.32 Å². The maximum Gasteiger partial charge on any atom is 0.220 e. The zero-order valence-electron chi connectivity index (χ0n) is 13.4. The maximum absolute atomic E-state index is 10.8. The van der Waals surface area contributed by atoms with Crippen molar-refractivity contribution in [2.45, 2.75) is 46.2 Å². The third kappa shape index (κ3) is 6.49. The van der Waals surface area contributed by atoms with E-state index in [1.54, 1.807) is 0 Å². The highest BCUT2D eigenvalue weighted by Crippen LogP contribution is 2.31. The number of carbonyl (C=O) groups excluding carboxylic acids is 1. The molecule has 0 bridgehead atoms. The van der Waals surface area contributed by atoms with Crippen LogP contribution in [-0.2, 0) is 11.3 Å². The van der Waals surface area contributed by atoms with Crippen LogP contribution in [0.25, 0.3) is 0 Å². The van der Waals surface area contributed by atoms with Crippen molar-refractivity contribution in [2.24, 2.45) is 5.73 Å². The highest BCUT2D eigenvalue weighted by molar-refractivity contribution is 5.73. The molecule has 5 nitrogen and oxygen atoms in total. The van der Waals surface area contributed by atoms with Crippen molar-refractivity contribution in [2.75, 3.05) is 13.2 Å². The van der Waals surface area contributed by atoms with E-state index in [1.807, 2.05) is 25.1 Å². The minimum absolute atomic E-state index is 0.00606. The van der Waals surface area contributed by atoms with Crippen LogP contribution in [0.2, 0.25) is 0 Å². The molecular formula is C16H26N2O3. The number of nitrogens with two attached hydrogens (primary N) is 1. The number of hydrogen-bond donors (Lipinski definition) is 2. The van der Waals surface area contributed by atoms with Crippen LogP contribution in [0.15, 0.2) is 18.2 Å². The molecule has 0 radical (unpaired) electrons. The quantitative estimate of drug-likeness (QED) is 0.771. The Morgan fingerprint density at radius 3 is 2.57 bits per heavy atom. The molecule has 0 aromatic heterocycles. The summed E-state index contributed by atoms with van der Waals surface area (Å²) in [7, 11) is 0. The summed E-state index contributed by atoms with van der Waals surface area (Å²) in [5.74, 6) is 0.991. The number of para-hydroxylation sites is 1. The zero-order chi connectivity index (χ0) is 15.9. The van der Waals surface area contributed by atoms with E-state index in [0.29, 0.717) is 24.7 Å². The van der Waals surface area contributed by atoms with Gasteiger partial charge in [0.2, 0.25) is 5.91 Å². The standard InChI is InChI=1S/C16H26N2O3/c1-5-20-13-8-6-7-12(11-18-16(2,3)4)15(13)21-10-9-14(17)19/h6-8,18H,5,9-11H2,1-4H3,(H2,17,19). The summed E-state index contributed by atoms with van der Waals surface area (Å²) >= 11 is 0. The van der Waals surface area contributed by atoms with Gasteiger partial charge in [0.15, 0.2) is 11.5 Å². The summed E-state index contributed by atoms with van der Waals surface area (Å²) in [5.41, 5.74) is 6.15. The van der Waals surface area contributed by atoms with Gasteiger partial charge in [-0.3, -0.25) is 4.79 Å². The molecule has 1 aromatic carbocycles. The van der Waals surface area contributed by atoms with Gasteiger partial charge < -0.3 is 20.5 Å².